The Morgan fingerprint density at radius 2 is 2.31 bits per heavy atom. The van der Waals surface area contributed by atoms with Gasteiger partial charge in [-0.3, -0.25) is 4.79 Å². The molecule has 1 N–H and O–H groups in total. The summed E-state index contributed by atoms with van der Waals surface area (Å²) in [5.74, 6) is 0.686. The third-order valence-electron chi connectivity index (χ3n) is 2.89. The lowest BCUT2D eigenvalue weighted by atomic mass is 9.88. The molecule has 1 saturated heterocycles. The van der Waals surface area contributed by atoms with Gasteiger partial charge in [0.2, 0.25) is 0 Å². The normalized spacial score (nSPS) is 17.9. The van der Waals surface area contributed by atoms with E-state index in [1.54, 1.807) is 12.3 Å². The average Bonchev–Trinajstić information content (AvgIpc) is 2.71. The van der Waals surface area contributed by atoms with Crippen LogP contribution in [0.15, 0.2) is 16.7 Å². The molecule has 1 aliphatic heterocycles. The van der Waals surface area contributed by atoms with Crippen molar-refractivity contribution >= 4 is 5.91 Å². The van der Waals surface area contributed by atoms with Crippen molar-refractivity contribution in [2.45, 2.75) is 20.3 Å². The van der Waals surface area contributed by atoms with Gasteiger partial charge in [-0.05, 0) is 6.07 Å². The van der Waals surface area contributed by atoms with Gasteiger partial charge in [0.05, 0.1) is 25.0 Å². The first-order chi connectivity index (χ1) is 7.64. The van der Waals surface area contributed by atoms with Crippen LogP contribution in [0.1, 0.15) is 30.0 Å². The molecular weight excluding hydrogens is 206 g/mol. The van der Waals surface area contributed by atoms with Crippen LogP contribution in [0.4, 0.5) is 0 Å². The number of hydrogen-bond donors (Lipinski definition) is 1. The van der Waals surface area contributed by atoms with E-state index < -0.39 is 0 Å². The third kappa shape index (κ3) is 2.11. The van der Waals surface area contributed by atoms with Gasteiger partial charge in [-0.1, -0.05) is 13.8 Å². The number of nitrogens with one attached hydrogen (secondary N) is 1. The predicted molar refractivity (Wildman–Crippen MR) is 59.3 cm³/mol. The quantitative estimate of drug-likeness (QED) is 0.843. The van der Waals surface area contributed by atoms with Gasteiger partial charge in [0.15, 0.2) is 0 Å². The van der Waals surface area contributed by atoms with E-state index in [-0.39, 0.29) is 11.3 Å². The highest BCUT2D eigenvalue weighted by Gasteiger charge is 2.33. The van der Waals surface area contributed by atoms with E-state index >= 15 is 0 Å². The number of carbonyl (C=O) groups is 1. The van der Waals surface area contributed by atoms with Crippen LogP contribution in [-0.2, 0) is 11.2 Å². The van der Waals surface area contributed by atoms with Crippen molar-refractivity contribution < 1.29 is 13.9 Å². The fourth-order valence-electron chi connectivity index (χ4n) is 1.76. The molecule has 4 nitrogen and oxygen atoms in total. The molecule has 0 bridgehead atoms. The first kappa shape index (κ1) is 11.2. The highest BCUT2D eigenvalue weighted by Crippen LogP contribution is 2.25. The second-order valence-electron chi connectivity index (χ2n) is 4.60. The third-order valence-corrected chi connectivity index (χ3v) is 2.89. The molecule has 0 spiro atoms. The molecule has 0 aliphatic carbocycles. The van der Waals surface area contributed by atoms with Gasteiger partial charge >= 0.3 is 0 Å². The summed E-state index contributed by atoms with van der Waals surface area (Å²) in [4.78, 5) is 11.9. The van der Waals surface area contributed by atoms with E-state index in [0.29, 0.717) is 12.1 Å². The molecule has 0 saturated carbocycles. The molecular formula is C12H17NO3. The number of hydrogen-bond acceptors (Lipinski definition) is 3. The molecule has 4 heteroatoms. The van der Waals surface area contributed by atoms with Crippen molar-refractivity contribution in [2.24, 2.45) is 5.41 Å². The Balaban J connectivity index is 1.93. The van der Waals surface area contributed by atoms with Crippen LogP contribution in [0.3, 0.4) is 0 Å². The van der Waals surface area contributed by atoms with Crippen LogP contribution in [0.5, 0.6) is 0 Å². The number of rotatable bonds is 4. The van der Waals surface area contributed by atoms with Crippen LogP contribution >= 0.6 is 0 Å². The van der Waals surface area contributed by atoms with Crippen LogP contribution in [-0.4, -0.2) is 25.7 Å². The molecule has 1 aromatic rings. The number of carbonyl (C=O) groups excluding carboxylic acids is 1. The van der Waals surface area contributed by atoms with Crippen LogP contribution < -0.4 is 5.32 Å². The van der Waals surface area contributed by atoms with E-state index in [4.69, 9.17) is 9.15 Å². The minimum absolute atomic E-state index is 0.0567. The Morgan fingerprint density at radius 1 is 1.56 bits per heavy atom. The van der Waals surface area contributed by atoms with Gasteiger partial charge < -0.3 is 14.5 Å². The minimum atomic E-state index is -0.0567. The number of amides is 1. The molecule has 0 radical (unpaired) electrons. The Labute approximate surface area is 95.0 Å². The van der Waals surface area contributed by atoms with E-state index in [1.165, 1.54) is 0 Å². The van der Waals surface area contributed by atoms with Gasteiger partial charge in [0.25, 0.3) is 5.91 Å². The summed E-state index contributed by atoms with van der Waals surface area (Å²) >= 11 is 0. The lowest BCUT2D eigenvalue weighted by Gasteiger charge is -2.37. The minimum Gasteiger partial charge on any atom is -0.469 e. The van der Waals surface area contributed by atoms with Gasteiger partial charge in [0.1, 0.15) is 5.76 Å². The second-order valence-corrected chi connectivity index (χ2v) is 4.60. The maximum atomic E-state index is 11.9. The molecule has 0 atom stereocenters. The van der Waals surface area contributed by atoms with E-state index in [2.05, 4.69) is 12.2 Å². The van der Waals surface area contributed by atoms with Crippen molar-refractivity contribution in [3.8, 4) is 0 Å². The first-order valence-corrected chi connectivity index (χ1v) is 5.57. The molecule has 1 aromatic heterocycles. The maximum absolute atomic E-state index is 11.9. The zero-order valence-corrected chi connectivity index (χ0v) is 9.71. The van der Waals surface area contributed by atoms with E-state index in [9.17, 15) is 4.79 Å². The van der Waals surface area contributed by atoms with Gasteiger partial charge in [-0.25, -0.2) is 0 Å². The SMILES string of the molecule is CCc1occc1C(=O)NCC1(C)COC1. The molecule has 0 aromatic carbocycles. The molecule has 0 unspecified atom stereocenters. The van der Waals surface area contributed by atoms with Crippen LogP contribution in [0, 0.1) is 5.41 Å². The van der Waals surface area contributed by atoms with Crippen LogP contribution in [0.25, 0.3) is 0 Å². The van der Waals surface area contributed by atoms with Crippen molar-refractivity contribution in [1.29, 1.82) is 0 Å². The monoisotopic (exact) mass is 223 g/mol. The molecule has 1 amide bonds. The van der Waals surface area contributed by atoms with E-state index in [0.717, 1.165) is 25.4 Å². The zero-order valence-electron chi connectivity index (χ0n) is 9.71. The summed E-state index contributed by atoms with van der Waals surface area (Å²) < 4.78 is 10.4. The summed E-state index contributed by atoms with van der Waals surface area (Å²) in [6.07, 6.45) is 2.29. The van der Waals surface area contributed by atoms with Crippen LogP contribution in [0.2, 0.25) is 0 Å². The van der Waals surface area contributed by atoms with Gasteiger partial charge in [0, 0.05) is 18.4 Å². The van der Waals surface area contributed by atoms with Gasteiger partial charge in [-0.2, -0.15) is 0 Å². The largest absolute Gasteiger partial charge is 0.469 e. The smallest absolute Gasteiger partial charge is 0.254 e. The summed E-state index contributed by atoms with van der Waals surface area (Å²) in [5, 5.41) is 2.92. The fourth-order valence-corrected chi connectivity index (χ4v) is 1.76. The van der Waals surface area contributed by atoms with Crippen molar-refractivity contribution in [3.63, 3.8) is 0 Å². The molecule has 2 rings (SSSR count). The summed E-state index contributed by atoms with van der Waals surface area (Å²) in [6.45, 7) is 6.17. The van der Waals surface area contributed by atoms with Crippen molar-refractivity contribution in [3.05, 3.63) is 23.7 Å². The summed E-state index contributed by atoms with van der Waals surface area (Å²) in [6, 6.07) is 1.72. The fraction of sp³-hybridized carbons (Fsp3) is 0.583. The Bertz CT molecular complexity index is 379. The maximum Gasteiger partial charge on any atom is 0.254 e. The lowest BCUT2D eigenvalue weighted by Crippen LogP contribution is -2.48. The number of furan rings is 1. The summed E-state index contributed by atoms with van der Waals surface area (Å²) in [5.41, 5.74) is 0.748. The second kappa shape index (κ2) is 4.29. The number of ether oxygens (including phenoxy) is 1. The Kier molecular flexibility index (Phi) is 3.01. The topological polar surface area (TPSA) is 51.5 Å². The highest BCUT2D eigenvalue weighted by molar-refractivity contribution is 5.95. The zero-order chi connectivity index (χ0) is 11.6. The first-order valence-electron chi connectivity index (χ1n) is 5.57. The van der Waals surface area contributed by atoms with E-state index in [1.807, 2.05) is 6.92 Å². The Morgan fingerprint density at radius 3 is 2.88 bits per heavy atom. The average molecular weight is 223 g/mol. The molecule has 16 heavy (non-hydrogen) atoms. The summed E-state index contributed by atoms with van der Waals surface area (Å²) in [7, 11) is 0. The van der Waals surface area contributed by atoms with Crippen molar-refractivity contribution in [1.82, 2.24) is 5.32 Å². The number of aryl methyl sites for hydroxylation is 1. The standard InChI is InChI=1S/C12H17NO3/c1-3-10-9(4-5-16-10)11(14)13-6-12(2)7-15-8-12/h4-5H,3,6-8H2,1-2H3,(H,13,14). The highest BCUT2D eigenvalue weighted by atomic mass is 16.5. The molecule has 1 aliphatic rings. The van der Waals surface area contributed by atoms with Crippen molar-refractivity contribution in [2.75, 3.05) is 19.8 Å². The molecule has 88 valence electrons. The Hall–Kier alpha value is -1.29. The molecule has 1 fully saturated rings. The molecule has 2 heterocycles. The predicted octanol–water partition coefficient (Wildman–Crippen LogP) is 1.61. The lowest BCUT2D eigenvalue weighted by molar-refractivity contribution is -0.0978. The van der Waals surface area contributed by atoms with Gasteiger partial charge in [-0.15, -0.1) is 0 Å².